The third kappa shape index (κ3) is 7.55. The van der Waals surface area contributed by atoms with Crippen molar-refractivity contribution >= 4 is 17.8 Å². The van der Waals surface area contributed by atoms with Crippen LogP contribution >= 0.6 is 0 Å². The molecular weight excluding hydrogens is 346 g/mol. The number of benzene rings is 1. The zero-order valence-corrected chi connectivity index (χ0v) is 15.9. The van der Waals surface area contributed by atoms with Gasteiger partial charge in [-0.2, -0.15) is 0 Å². The number of nitrogens with zero attached hydrogens (tertiary/aromatic N) is 2. The van der Waals surface area contributed by atoms with Crippen molar-refractivity contribution in [2.24, 2.45) is 10.7 Å². The minimum Gasteiger partial charge on any atom is -0.484 e. The summed E-state index contributed by atoms with van der Waals surface area (Å²) in [4.78, 5) is 28.9. The highest BCUT2D eigenvalue weighted by atomic mass is 16.5. The third-order valence-electron chi connectivity index (χ3n) is 4.11. The molecule has 8 nitrogen and oxygen atoms in total. The number of carbonyl (C=O) groups excluding carboxylic acids is 2. The Morgan fingerprint density at radius 3 is 2.93 bits per heavy atom. The Labute approximate surface area is 160 Å². The summed E-state index contributed by atoms with van der Waals surface area (Å²) in [6, 6.07) is 7.42. The molecule has 1 saturated heterocycles. The lowest BCUT2D eigenvalue weighted by Crippen LogP contribution is -2.39. The summed E-state index contributed by atoms with van der Waals surface area (Å²) in [6.07, 6.45) is 2.53. The van der Waals surface area contributed by atoms with Crippen LogP contribution in [0, 0.1) is 0 Å². The molecule has 1 aromatic carbocycles. The topological polar surface area (TPSA) is 109 Å². The van der Waals surface area contributed by atoms with E-state index in [-0.39, 0.29) is 12.5 Å². The van der Waals surface area contributed by atoms with Gasteiger partial charge in [-0.1, -0.05) is 12.1 Å². The van der Waals surface area contributed by atoms with Crippen LogP contribution in [0.2, 0.25) is 0 Å². The van der Waals surface area contributed by atoms with E-state index in [0.29, 0.717) is 18.7 Å². The van der Waals surface area contributed by atoms with Gasteiger partial charge in [0.2, 0.25) is 5.91 Å². The van der Waals surface area contributed by atoms with Gasteiger partial charge in [0.05, 0.1) is 6.54 Å². The first-order valence-corrected chi connectivity index (χ1v) is 9.38. The van der Waals surface area contributed by atoms with Crippen LogP contribution in [0.1, 0.15) is 31.7 Å². The number of amides is 2. The molecule has 1 fully saturated rings. The number of rotatable bonds is 10. The zero-order chi connectivity index (χ0) is 19.5. The normalized spacial score (nSPS) is 14.3. The van der Waals surface area contributed by atoms with Crippen molar-refractivity contribution < 1.29 is 14.3 Å². The maximum Gasteiger partial charge on any atom is 0.255 e. The summed E-state index contributed by atoms with van der Waals surface area (Å²) >= 11 is 0. The van der Waals surface area contributed by atoms with Crippen LogP contribution in [0.15, 0.2) is 29.3 Å². The molecule has 27 heavy (non-hydrogen) atoms. The number of ether oxygens (including phenoxy) is 1. The van der Waals surface area contributed by atoms with Crippen molar-refractivity contribution in [3.8, 4) is 5.75 Å². The molecule has 0 aliphatic carbocycles. The molecule has 1 heterocycles. The number of hydrogen-bond acceptors (Lipinski definition) is 4. The van der Waals surface area contributed by atoms with Crippen molar-refractivity contribution in [1.82, 2.24) is 15.5 Å². The van der Waals surface area contributed by atoms with Gasteiger partial charge in [0.1, 0.15) is 5.75 Å². The maximum atomic E-state index is 11.6. The fraction of sp³-hybridized carbons (Fsp3) is 0.526. The fourth-order valence-electron chi connectivity index (χ4n) is 2.82. The zero-order valence-electron chi connectivity index (χ0n) is 15.9. The molecule has 0 atom stereocenters. The molecule has 0 aromatic heterocycles. The highest BCUT2D eigenvalue weighted by Crippen LogP contribution is 2.14. The van der Waals surface area contributed by atoms with Gasteiger partial charge in [0.25, 0.3) is 5.91 Å². The monoisotopic (exact) mass is 375 g/mol. The maximum absolute atomic E-state index is 11.6. The molecule has 0 radical (unpaired) electrons. The van der Waals surface area contributed by atoms with E-state index >= 15 is 0 Å². The Morgan fingerprint density at radius 2 is 2.22 bits per heavy atom. The van der Waals surface area contributed by atoms with Crippen LogP contribution in [0.25, 0.3) is 0 Å². The van der Waals surface area contributed by atoms with Crippen molar-refractivity contribution in [2.75, 3.05) is 32.8 Å². The lowest BCUT2D eigenvalue weighted by Gasteiger charge is -2.16. The molecular formula is C19H29N5O3. The lowest BCUT2D eigenvalue weighted by atomic mass is 10.2. The average molecular weight is 375 g/mol. The molecule has 0 unspecified atom stereocenters. The largest absolute Gasteiger partial charge is 0.484 e. The van der Waals surface area contributed by atoms with E-state index in [0.717, 1.165) is 50.5 Å². The van der Waals surface area contributed by atoms with Crippen molar-refractivity contribution in [1.29, 1.82) is 0 Å². The van der Waals surface area contributed by atoms with Crippen molar-refractivity contribution in [3.63, 3.8) is 0 Å². The number of carbonyl (C=O) groups is 2. The van der Waals surface area contributed by atoms with E-state index in [4.69, 9.17) is 10.5 Å². The lowest BCUT2D eigenvalue weighted by molar-refractivity contribution is -0.127. The predicted molar refractivity (Wildman–Crippen MR) is 104 cm³/mol. The van der Waals surface area contributed by atoms with Crippen molar-refractivity contribution in [3.05, 3.63) is 29.8 Å². The van der Waals surface area contributed by atoms with Gasteiger partial charge < -0.3 is 26.0 Å². The standard InChI is InChI=1S/C19H29N5O3/c1-2-21-19(22-9-5-11-24-10-4-8-18(24)26)23-13-15-6-3-7-16(12-15)27-14-17(20)25/h3,6-7,12H,2,4-5,8-11,13-14H2,1H3,(H2,20,25)(H2,21,22,23). The first-order chi connectivity index (χ1) is 13.1. The minimum atomic E-state index is -0.507. The number of likely N-dealkylation sites (tertiary alicyclic amines) is 1. The molecule has 2 rings (SSSR count). The molecule has 1 aliphatic rings. The quantitative estimate of drug-likeness (QED) is 0.316. The van der Waals surface area contributed by atoms with Gasteiger partial charge in [-0.25, -0.2) is 4.99 Å². The van der Waals surface area contributed by atoms with E-state index in [9.17, 15) is 9.59 Å². The average Bonchev–Trinajstić information content (AvgIpc) is 3.06. The first-order valence-electron chi connectivity index (χ1n) is 9.38. The minimum absolute atomic E-state index is 0.142. The molecule has 0 saturated carbocycles. The Kier molecular flexibility index (Phi) is 8.41. The van der Waals surface area contributed by atoms with Crippen LogP contribution in [-0.2, 0) is 16.1 Å². The first kappa shape index (κ1) is 20.5. The van der Waals surface area contributed by atoms with E-state index in [1.165, 1.54) is 0 Å². The Balaban J connectivity index is 1.80. The van der Waals surface area contributed by atoms with Crippen LogP contribution in [0.5, 0.6) is 5.75 Å². The fourth-order valence-corrected chi connectivity index (χ4v) is 2.82. The second-order valence-corrected chi connectivity index (χ2v) is 6.36. The molecule has 148 valence electrons. The summed E-state index contributed by atoms with van der Waals surface area (Å²) in [7, 11) is 0. The molecule has 1 aromatic rings. The second kappa shape index (κ2) is 11.1. The van der Waals surface area contributed by atoms with E-state index in [1.54, 1.807) is 6.07 Å². The summed E-state index contributed by atoms with van der Waals surface area (Å²) in [6.45, 7) is 5.52. The van der Waals surface area contributed by atoms with E-state index in [1.807, 2.05) is 30.0 Å². The van der Waals surface area contributed by atoms with Crippen LogP contribution in [0.4, 0.5) is 0 Å². The van der Waals surface area contributed by atoms with Gasteiger partial charge in [-0.05, 0) is 37.5 Å². The molecule has 0 bridgehead atoms. The van der Waals surface area contributed by atoms with Gasteiger partial charge in [-0.3, -0.25) is 9.59 Å². The van der Waals surface area contributed by atoms with E-state index < -0.39 is 5.91 Å². The van der Waals surface area contributed by atoms with Crippen LogP contribution in [0.3, 0.4) is 0 Å². The highest BCUT2D eigenvalue weighted by molar-refractivity contribution is 5.80. The molecule has 0 spiro atoms. The molecule has 8 heteroatoms. The van der Waals surface area contributed by atoms with Gasteiger partial charge >= 0.3 is 0 Å². The number of nitrogens with two attached hydrogens (primary N) is 1. The SMILES string of the molecule is CCNC(=NCc1cccc(OCC(N)=O)c1)NCCCN1CCCC1=O. The Bertz CT molecular complexity index is 663. The highest BCUT2D eigenvalue weighted by Gasteiger charge is 2.18. The summed E-state index contributed by atoms with van der Waals surface area (Å²) in [5.74, 6) is 1.07. The van der Waals surface area contributed by atoms with Gasteiger partial charge in [0.15, 0.2) is 12.6 Å². The number of guanidine groups is 1. The van der Waals surface area contributed by atoms with Crippen LogP contribution in [-0.4, -0.2) is 55.5 Å². The summed E-state index contributed by atoms with van der Waals surface area (Å²) < 4.78 is 5.31. The Morgan fingerprint density at radius 1 is 1.37 bits per heavy atom. The van der Waals surface area contributed by atoms with Crippen molar-refractivity contribution in [2.45, 2.75) is 32.7 Å². The number of primary amides is 1. The smallest absolute Gasteiger partial charge is 0.255 e. The Hall–Kier alpha value is -2.77. The van der Waals surface area contributed by atoms with Gasteiger partial charge in [-0.15, -0.1) is 0 Å². The van der Waals surface area contributed by atoms with Crippen LogP contribution < -0.4 is 21.1 Å². The molecule has 2 amide bonds. The van der Waals surface area contributed by atoms with E-state index in [2.05, 4.69) is 15.6 Å². The third-order valence-corrected chi connectivity index (χ3v) is 4.11. The number of aliphatic imine (C=N–C) groups is 1. The molecule has 4 N–H and O–H groups in total. The predicted octanol–water partition coefficient (Wildman–Crippen LogP) is 0.618. The number of nitrogens with one attached hydrogen (secondary N) is 2. The van der Waals surface area contributed by atoms with Gasteiger partial charge in [0, 0.05) is 32.6 Å². The summed E-state index contributed by atoms with van der Waals surface area (Å²) in [5, 5.41) is 6.50. The molecule has 1 aliphatic heterocycles. The number of hydrogen-bond donors (Lipinski definition) is 3. The second-order valence-electron chi connectivity index (χ2n) is 6.36. The summed E-state index contributed by atoms with van der Waals surface area (Å²) in [5.41, 5.74) is 6.06.